The second-order valence-corrected chi connectivity index (χ2v) is 9.37. The molecule has 8 heteroatoms. The van der Waals surface area contributed by atoms with Gasteiger partial charge in [-0.25, -0.2) is 4.98 Å². The molecular weight excluding hydrogens is 498 g/mol. The van der Waals surface area contributed by atoms with Crippen LogP contribution < -0.4 is 4.90 Å². The topological polar surface area (TPSA) is 45.7 Å². The summed E-state index contributed by atoms with van der Waals surface area (Å²) in [4.78, 5) is 22.3. The van der Waals surface area contributed by atoms with Crippen LogP contribution in [-0.4, -0.2) is 55.2 Å². The van der Waals surface area contributed by atoms with Crippen molar-refractivity contribution in [1.82, 2.24) is 9.88 Å². The van der Waals surface area contributed by atoms with Crippen LogP contribution in [0.1, 0.15) is 18.4 Å². The Kier molecular flexibility index (Phi) is 9.29. The Bertz CT molecular complexity index is 979. The number of carbonyl (C=O) groups excluding carboxylic acids is 1. The number of halogens is 2. The summed E-state index contributed by atoms with van der Waals surface area (Å²) in [5.41, 5.74) is 2.12. The summed E-state index contributed by atoms with van der Waals surface area (Å²) in [5, 5.41) is 0.795. The Morgan fingerprint density at radius 2 is 1.94 bits per heavy atom. The number of nitrogens with zero attached hydrogens (tertiary/aromatic N) is 3. The average Bonchev–Trinajstić information content (AvgIpc) is 3.19. The van der Waals surface area contributed by atoms with Crippen molar-refractivity contribution in [2.45, 2.75) is 19.3 Å². The van der Waals surface area contributed by atoms with E-state index >= 15 is 0 Å². The van der Waals surface area contributed by atoms with Crippen molar-refractivity contribution in [3.05, 3.63) is 58.6 Å². The summed E-state index contributed by atoms with van der Waals surface area (Å²) in [5.74, 6) is 0.138. The number of hydrogen-bond acceptors (Lipinski definition) is 5. The summed E-state index contributed by atoms with van der Waals surface area (Å²) in [6, 6.07) is 16.2. The molecule has 4 rings (SSSR count). The van der Waals surface area contributed by atoms with Crippen molar-refractivity contribution in [3.63, 3.8) is 0 Å². The van der Waals surface area contributed by atoms with Crippen LogP contribution in [0.15, 0.2) is 53.0 Å². The highest BCUT2D eigenvalue weighted by molar-refractivity contribution is 9.10. The third-order valence-corrected chi connectivity index (χ3v) is 6.84. The van der Waals surface area contributed by atoms with Gasteiger partial charge in [-0.3, -0.25) is 14.6 Å². The largest absolute Gasteiger partial charge is 0.379 e. The van der Waals surface area contributed by atoms with Crippen LogP contribution in [0.5, 0.6) is 0 Å². The van der Waals surface area contributed by atoms with E-state index in [0.29, 0.717) is 13.0 Å². The number of ether oxygens (including phenoxy) is 1. The molecule has 1 fully saturated rings. The second kappa shape index (κ2) is 11.9. The minimum Gasteiger partial charge on any atom is -0.379 e. The molecule has 0 aliphatic carbocycles. The molecule has 0 spiro atoms. The molecule has 1 amide bonds. The summed E-state index contributed by atoms with van der Waals surface area (Å²) in [6.07, 6.45) is 2.16. The molecule has 0 saturated carbocycles. The Morgan fingerprint density at radius 3 is 2.71 bits per heavy atom. The van der Waals surface area contributed by atoms with Gasteiger partial charge in [-0.2, -0.15) is 0 Å². The number of anilines is 1. The van der Waals surface area contributed by atoms with Gasteiger partial charge in [-0.05, 0) is 36.6 Å². The highest BCUT2D eigenvalue weighted by Crippen LogP contribution is 2.31. The Morgan fingerprint density at radius 1 is 1.16 bits per heavy atom. The maximum atomic E-state index is 13.2. The minimum atomic E-state index is 0. The van der Waals surface area contributed by atoms with E-state index in [1.165, 1.54) is 5.56 Å². The number of carbonyl (C=O) groups is 1. The predicted octanol–water partition coefficient (Wildman–Crippen LogP) is 5.17. The Balaban J connectivity index is 0.00000272. The highest BCUT2D eigenvalue weighted by atomic mass is 79.9. The number of thiazole rings is 1. The Hall–Kier alpha value is -1.51. The Labute approximate surface area is 201 Å². The van der Waals surface area contributed by atoms with Crippen LogP contribution in [-0.2, 0) is 16.0 Å². The maximum Gasteiger partial charge on any atom is 0.229 e. The molecule has 1 saturated heterocycles. The van der Waals surface area contributed by atoms with Crippen LogP contribution >= 0.6 is 39.7 Å². The lowest BCUT2D eigenvalue weighted by Crippen LogP contribution is -2.39. The van der Waals surface area contributed by atoms with Crippen LogP contribution in [0.4, 0.5) is 5.13 Å². The van der Waals surface area contributed by atoms with Gasteiger partial charge in [0.15, 0.2) is 5.13 Å². The number of morpholine rings is 1. The first-order valence-electron chi connectivity index (χ1n) is 10.4. The van der Waals surface area contributed by atoms with Crippen molar-refractivity contribution in [2.75, 3.05) is 44.3 Å². The van der Waals surface area contributed by atoms with Crippen molar-refractivity contribution < 1.29 is 9.53 Å². The number of benzene rings is 2. The average molecular weight is 525 g/mol. The van der Waals surface area contributed by atoms with Crippen molar-refractivity contribution >= 4 is 60.9 Å². The first kappa shape index (κ1) is 24.1. The zero-order chi connectivity index (χ0) is 20.8. The fourth-order valence-electron chi connectivity index (χ4n) is 3.64. The number of amides is 1. The van der Waals surface area contributed by atoms with E-state index in [-0.39, 0.29) is 18.3 Å². The van der Waals surface area contributed by atoms with Gasteiger partial charge in [0.1, 0.15) is 0 Å². The molecule has 166 valence electrons. The fourth-order valence-corrected chi connectivity index (χ4v) is 5.20. The zero-order valence-electron chi connectivity index (χ0n) is 17.3. The summed E-state index contributed by atoms with van der Waals surface area (Å²) >= 11 is 5.11. The van der Waals surface area contributed by atoms with Gasteiger partial charge in [-0.15, -0.1) is 12.4 Å². The monoisotopic (exact) mass is 523 g/mol. The lowest BCUT2D eigenvalue weighted by Gasteiger charge is -2.27. The smallest absolute Gasteiger partial charge is 0.229 e. The molecule has 0 unspecified atom stereocenters. The van der Waals surface area contributed by atoms with Gasteiger partial charge in [0.05, 0.1) is 23.4 Å². The second-order valence-electron chi connectivity index (χ2n) is 7.45. The van der Waals surface area contributed by atoms with E-state index in [9.17, 15) is 4.79 Å². The molecule has 5 nitrogen and oxygen atoms in total. The van der Waals surface area contributed by atoms with E-state index < -0.39 is 0 Å². The molecule has 31 heavy (non-hydrogen) atoms. The predicted molar refractivity (Wildman–Crippen MR) is 134 cm³/mol. The lowest BCUT2D eigenvalue weighted by atomic mass is 10.1. The normalized spacial score (nSPS) is 14.4. The lowest BCUT2D eigenvalue weighted by molar-refractivity contribution is -0.118. The molecule has 1 aliphatic heterocycles. The number of aromatic nitrogens is 1. The summed E-state index contributed by atoms with van der Waals surface area (Å²) in [6.45, 7) is 5.20. The third kappa shape index (κ3) is 6.73. The molecule has 0 bridgehead atoms. The minimum absolute atomic E-state index is 0. The first-order valence-corrected chi connectivity index (χ1v) is 12.0. The van der Waals surface area contributed by atoms with Crippen LogP contribution in [0, 0.1) is 0 Å². The van der Waals surface area contributed by atoms with Crippen molar-refractivity contribution in [3.8, 4) is 0 Å². The van der Waals surface area contributed by atoms with Crippen LogP contribution in [0.2, 0.25) is 0 Å². The maximum absolute atomic E-state index is 13.2. The zero-order valence-corrected chi connectivity index (χ0v) is 20.6. The van der Waals surface area contributed by atoms with Crippen molar-refractivity contribution in [1.29, 1.82) is 0 Å². The molecule has 2 aromatic carbocycles. The quantitative estimate of drug-likeness (QED) is 0.408. The summed E-state index contributed by atoms with van der Waals surface area (Å²) in [7, 11) is 0. The van der Waals surface area contributed by atoms with E-state index in [1.54, 1.807) is 11.3 Å². The molecule has 1 aliphatic rings. The highest BCUT2D eigenvalue weighted by Gasteiger charge is 2.20. The standard InChI is InChI=1S/C23H26BrN3O2S.ClH/c24-19-8-9-20-21(17-19)30-23(25-20)27(12-4-11-26-13-15-29-16-14-26)22(28)10-7-18-5-2-1-3-6-18;/h1-3,5-6,8-9,17H,4,7,10-16H2;1H. The number of rotatable bonds is 8. The number of fused-ring (bicyclic) bond motifs is 1. The third-order valence-electron chi connectivity index (χ3n) is 5.30. The van der Waals surface area contributed by atoms with Gasteiger partial charge in [0.25, 0.3) is 0 Å². The molecule has 0 atom stereocenters. The molecule has 1 aromatic heterocycles. The van der Waals surface area contributed by atoms with Gasteiger partial charge >= 0.3 is 0 Å². The summed E-state index contributed by atoms with van der Waals surface area (Å²) < 4.78 is 7.55. The molecule has 2 heterocycles. The van der Waals surface area contributed by atoms with Gasteiger partial charge in [0.2, 0.25) is 5.91 Å². The fraction of sp³-hybridized carbons (Fsp3) is 0.391. The van der Waals surface area contributed by atoms with Crippen LogP contribution in [0.25, 0.3) is 10.2 Å². The first-order chi connectivity index (χ1) is 14.7. The van der Waals surface area contributed by atoms with E-state index in [4.69, 9.17) is 9.72 Å². The molecule has 3 aromatic rings. The molecule has 0 N–H and O–H groups in total. The molecular formula is C23H27BrClN3O2S. The number of aryl methyl sites for hydroxylation is 1. The SMILES string of the molecule is Cl.O=C(CCc1ccccc1)N(CCCN1CCOCC1)c1nc2ccc(Br)cc2s1. The molecule has 0 radical (unpaired) electrons. The van der Waals surface area contributed by atoms with Gasteiger partial charge in [-0.1, -0.05) is 57.6 Å². The van der Waals surface area contributed by atoms with Gasteiger partial charge < -0.3 is 4.74 Å². The van der Waals surface area contributed by atoms with Gasteiger partial charge in [0, 0.05) is 37.1 Å². The van der Waals surface area contributed by atoms with E-state index in [0.717, 1.165) is 65.5 Å². The van der Waals surface area contributed by atoms with Crippen molar-refractivity contribution in [2.24, 2.45) is 0 Å². The van der Waals surface area contributed by atoms with E-state index in [1.807, 2.05) is 35.2 Å². The van der Waals surface area contributed by atoms with Crippen LogP contribution in [0.3, 0.4) is 0 Å². The number of hydrogen-bond donors (Lipinski definition) is 0. The van der Waals surface area contributed by atoms with E-state index in [2.05, 4.69) is 39.0 Å².